The van der Waals surface area contributed by atoms with Crippen molar-refractivity contribution in [1.29, 1.82) is 0 Å². The maximum absolute atomic E-state index is 12.1. The first-order valence-corrected chi connectivity index (χ1v) is 10.3. The average molecular weight is 412 g/mol. The van der Waals surface area contributed by atoms with Gasteiger partial charge in [-0.05, 0) is 43.1 Å². The third-order valence-electron chi connectivity index (χ3n) is 3.57. The zero-order valence-electron chi connectivity index (χ0n) is 14.9. The van der Waals surface area contributed by atoms with Crippen molar-refractivity contribution in [3.63, 3.8) is 0 Å². The Balaban J connectivity index is 1.93. The number of rotatable bonds is 9. The molecule has 10 heteroatoms. The molecular weight excluding hydrogens is 392 g/mol. The molecule has 1 aromatic carbocycles. The molecule has 2 rings (SSSR count). The zero-order chi connectivity index (χ0) is 19.9. The second-order valence-electron chi connectivity index (χ2n) is 5.33. The van der Waals surface area contributed by atoms with E-state index in [0.717, 1.165) is 10.9 Å². The number of ether oxygens (including phenoxy) is 2. The molecule has 2 N–H and O–H groups in total. The molecule has 0 aliphatic carbocycles. The SMILES string of the molecule is CNS(=O)(=O)c1cc(C(=O)OCC(=O)NCCc2cccs2)ccc1OC. The van der Waals surface area contributed by atoms with Crippen LogP contribution in [0.15, 0.2) is 40.6 Å². The van der Waals surface area contributed by atoms with Gasteiger partial charge in [-0.25, -0.2) is 17.9 Å². The zero-order valence-corrected chi connectivity index (χ0v) is 16.5. The van der Waals surface area contributed by atoms with Gasteiger partial charge in [0.1, 0.15) is 10.6 Å². The van der Waals surface area contributed by atoms with Crippen molar-refractivity contribution in [3.8, 4) is 5.75 Å². The van der Waals surface area contributed by atoms with Crippen molar-refractivity contribution < 1.29 is 27.5 Å². The van der Waals surface area contributed by atoms with Gasteiger partial charge in [0.05, 0.1) is 12.7 Å². The van der Waals surface area contributed by atoms with E-state index < -0.39 is 28.5 Å². The topological polar surface area (TPSA) is 111 Å². The molecule has 0 fully saturated rings. The molecule has 0 aliphatic rings. The highest BCUT2D eigenvalue weighted by Crippen LogP contribution is 2.24. The summed E-state index contributed by atoms with van der Waals surface area (Å²) in [7, 11) is -1.25. The van der Waals surface area contributed by atoms with Crippen LogP contribution in [0.5, 0.6) is 5.75 Å². The van der Waals surface area contributed by atoms with Crippen LogP contribution in [-0.4, -0.2) is 47.6 Å². The highest BCUT2D eigenvalue weighted by atomic mass is 32.2. The first kappa shape index (κ1) is 20.9. The van der Waals surface area contributed by atoms with Crippen molar-refractivity contribution in [2.24, 2.45) is 0 Å². The first-order chi connectivity index (χ1) is 12.9. The van der Waals surface area contributed by atoms with Gasteiger partial charge in [-0.3, -0.25) is 4.79 Å². The fourth-order valence-electron chi connectivity index (χ4n) is 2.17. The Bertz CT molecular complexity index is 894. The van der Waals surface area contributed by atoms with E-state index in [9.17, 15) is 18.0 Å². The highest BCUT2D eigenvalue weighted by Gasteiger charge is 2.21. The molecule has 0 radical (unpaired) electrons. The predicted octanol–water partition coefficient (Wildman–Crippen LogP) is 1.18. The highest BCUT2D eigenvalue weighted by molar-refractivity contribution is 7.89. The van der Waals surface area contributed by atoms with Crippen LogP contribution in [0.1, 0.15) is 15.2 Å². The minimum Gasteiger partial charge on any atom is -0.495 e. The number of carbonyl (C=O) groups excluding carboxylic acids is 2. The van der Waals surface area contributed by atoms with Crippen LogP contribution in [0.3, 0.4) is 0 Å². The van der Waals surface area contributed by atoms with Gasteiger partial charge in [0.2, 0.25) is 10.0 Å². The number of esters is 1. The summed E-state index contributed by atoms with van der Waals surface area (Å²) in [5.74, 6) is -1.15. The van der Waals surface area contributed by atoms with Crippen LogP contribution in [-0.2, 0) is 26.0 Å². The number of hydrogen-bond donors (Lipinski definition) is 2. The van der Waals surface area contributed by atoms with E-state index in [4.69, 9.17) is 9.47 Å². The number of carbonyl (C=O) groups is 2. The molecule has 2 aromatic rings. The fourth-order valence-corrected chi connectivity index (χ4v) is 3.80. The van der Waals surface area contributed by atoms with Crippen molar-refractivity contribution >= 4 is 33.2 Å². The molecule has 0 saturated carbocycles. The Morgan fingerprint density at radius 2 is 2.00 bits per heavy atom. The van der Waals surface area contributed by atoms with Crippen LogP contribution in [0.2, 0.25) is 0 Å². The summed E-state index contributed by atoms with van der Waals surface area (Å²) in [6, 6.07) is 7.76. The number of benzene rings is 1. The van der Waals surface area contributed by atoms with Crippen molar-refractivity contribution in [2.75, 3.05) is 27.3 Å². The van der Waals surface area contributed by atoms with Crippen molar-refractivity contribution in [2.45, 2.75) is 11.3 Å². The van der Waals surface area contributed by atoms with Gasteiger partial charge in [0, 0.05) is 11.4 Å². The summed E-state index contributed by atoms with van der Waals surface area (Å²) in [5, 5.41) is 4.61. The summed E-state index contributed by atoms with van der Waals surface area (Å²) in [6.07, 6.45) is 0.696. The summed E-state index contributed by atoms with van der Waals surface area (Å²) >= 11 is 1.60. The van der Waals surface area contributed by atoms with Gasteiger partial charge in [-0.2, -0.15) is 0 Å². The molecule has 146 valence electrons. The fraction of sp³-hybridized carbons (Fsp3) is 0.294. The predicted molar refractivity (Wildman–Crippen MR) is 101 cm³/mol. The summed E-state index contributed by atoms with van der Waals surface area (Å²) in [6.45, 7) is -0.0204. The molecule has 0 atom stereocenters. The number of methoxy groups -OCH3 is 1. The third-order valence-corrected chi connectivity index (χ3v) is 5.94. The van der Waals surface area contributed by atoms with E-state index in [1.54, 1.807) is 11.3 Å². The lowest BCUT2D eigenvalue weighted by Crippen LogP contribution is -2.30. The second kappa shape index (κ2) is 9.49. The standard InChI is InChI=1S/C17H20N2O6S2/c1-18-27(22,23)15-10-12(5-6-14(15)24-2)17(21)25-11-16(20)19-8-7-13-4-3-9-26-13/h3-6,9-10,18H,7-8,11H2,1-2H3,(H,19,20). The number of hydrogen-bond acceptors (Lipinski definition) is 7. The molecule has 1 aromatic heterocycles. The Labute approximate surface area is 161 Å². The van der Waals surface area contributed by atoms with E-state index in [2.05, 4.69) is 10.0 Å². The quantitative estimate of drug-likeness (QED) is 0.599. The van der Waals surface area contributed by atoms with Gasteiger partial charge in [0.15, 0.2) is 6.61 Å². The smallest absolute Gasteiger partial charge is 0.338 e. The van der Waals surface area contributed by atoms with Gasteiger partial charge in [0.25, 0.3) is 5.91 Å². The molecule has 0 aliphatic heterocycles. The molecular formula is C17H20N2O6S2. The molecule has 0 saturated heterocycles. The third kappa shape index (κ3) is 5.78. The largest absolute Gasteiger partial charge is 0.495 e. The van der Waals surface area contributed by atoms with Crippen molar-refractivity contribution in [1.82, 2.24) is 10.0 Å². The van der Waals surface area contributed by atoms with Gasteiger partial charge in [-0.1, -0.05) is 6.07 Å². The van der Waals surface area contributed by atoms with Crippen LogP contribution in [0.25, 0.3) is 0 Å². The second-order valence-corrected chi connectivity index (χ2v) is 8.22. The Hall–Kier alpha value is -2.43. The maximum Gasteiger partial charge on any atom is 0.338 e. The normalized spacial score (nSPS) is 11.0. The molecule has 0 spiro atoms. The molecule has 1 amide bonds. The lowest BCUT2D eigenvalue weighted by Gasteiger charge is -2.11. The van der Waals surface area contributed by atoms with E-state index in [1.807, 2.05) is 17.5 Å². The Morgan fingerprint density at radius 1 is 1.22 bits per heavy atom. The van der Waals surface area contributed by atoms with E-state index >= 15 is 0 Å². The molecule has 8 nitrogen and oxygen atoms in total. The number of sulfonamides is 1. The number of nitrogens with one attached hydrogen (secondary N) is 2. The van der Waals surface area contributed by atoms with E-state index in [0.29, 0.717) is 13.0 Å². The Kier molecular flexibility index (Phi) is 7.34. The molecule has 0 unspecified atom stereocenters. The average Bonchev–Trinajstić information content (AvgIpc) is 3.19. The monoisotopic (exact) mass is 412 g/mol. The number of amides is 1. The molecule has 27 heavy (non-hydrogen) atoms. The number of thiophene rings is 1. The summed E-state index contributed by atoms with van der Waals surface area (Å²) < 4.78 is 36.2. The maximum atomic E-state index is 12.1. The summed E-state index contributed by atoms with van der Waals surface area (Å²) in [4.78, 5) is 24.8. The Morgan fingerprint density at radius 3 is 2.63 bits per heavy atom. The minimum absolute atomic E-state index is 0.00369. The van der Waals surface area contributed by atoms with Crippen LogP contribution >= 0.6 is 11.3 Å². The van der Waals surface area contributed by atoms with Crippen molar-refractivity contribution in [3.05, 3.63) is 46.2 Å². The lowest BCUT2D eigenvalue weighted by atomic mass is 10.2. The first-order valence-electron chi connectivity index (χ1n) is 7.95. The van der Waals surface area contributed by atoms with Gasteiger partial charge in [-0.15, -0.1) is 11.3 Å². The van der Waals surface area contributed by atoms with E-state index in [-0.39, 0.29) is 16.2 Å². The van der Waals surface area contributed by atoms with Crippen LogP contribution < -0.4 is 14.8 Å². The van der Waals surface area contributed by atoms with E-state index in [1.165, 1.54) is 26.3 Å². The van der Waals surface area contributed by atoms with Crippen LogP contribution in [0, 0.1) is 0 Å². The van der Waals surface area contributed by atoms with Gasteiger partial charge < -0.3 is 14.8 Å². The minimum atomic E-state index is -3.82. The molecule has 0 bridgehead atoms. The summed E-state index contributed by atoms with van der Waals surface area (Å²) in [5.41, 5.74) is -0.00369. The van der Waals surface area contributed by atoms with Crippen LogP contribution in [0.4, 0.5) is 0 Å². The van der Waals surface area contributed by atoms with Gasteiger partial charge >= 0.3 is 5.97 Å². The molecule has 1 heterocycles. The lowest BCUT2D eigenvalue weighted by molar-refractivity contribution is -0.124.